The average Bonchev–Trinajstić information content (AvgIpc) is 2.83. The van der Waals surface area contributed by atoms with E-state index in [1.807, 2.05) is 23.1 Å². The Morgan fingerprint density at radius 1 is 1.42 bits per heavy atom. The first-order valence-corrected chi connectivity index (χ1v) is 8.86. The van der Waals surface area contributed by atoms with E-state index in [2.05, 4.69) is 44.5 Å². The molecule has 2 heterocycles. The predicted octanol–water partition coefficient (Wildman–Crippen LogP) is 4.31. The summed E-state index contributed by atoms with van der Waals surface area (Å²) in [6.45, 7) is 9.93. The van der Waals surface area contributed by atoms with Crippen LogP contribution in [0, 0.1) is 5.41 Å². The summed E-state index contributed by atoms with van der Waals surface area (Å²) in [7, 11) is 0. The third kappa shape index (κ3) is 3.99. The molecular formula is C15H24N2S2. The molecule has 4 heteroatoms. The normalized spacial score (nSPS) is 22.5. The van der Waals surface area contributed by atoms with Gasteiger partial charge in [-0.3, -0.25) is 4.99 Å². The predicted molar refractivity (Wildman–Crippen MR) is 88.3 cm³/mol. The third-order valence-electron chi connectivity index (χ3n) is 3.57. The van der Waals surface area contributed by atoms with Gasteiger partial charge in [0.05, 0.1) is 6.54 Å². The van der Waals surface area contributed by atoms with Crippen LogP contribution in [0.5, 0.6) is 0 Å². The van der Waals surface area contributed by atoms with Gasteiger partial charge in [-0.2, -0.15) is 0 Å². The number of amidine groups is 1. The van der Waals surface area contributed by atoms with Crippen LogP contribution in [0.25, 0.3) is 0 Å². The Bertz CT molecular complexity index is 443. The zero-order valence-corrected chi connectivity index (χ0v) is 14.0. The quantitative estimate of drug-likeness (QED) is 0.899. The van der Waals surface area contributed by atoms with Crippen molar-refractivity contribution >= 4 is 28.3 Å². The van der Waals surface area contributed by atoms with Crippen LogP contribution in [0.15, 0.2) is 16.4 Å². The molecule has 0 aliphatic carbocycles. The summed E-state index contributed by atoms with van der Waals surface area (Å²) in [5, 5.41) is 6.91. The second-order valence-corrected chi connectivity index (χ2v) is 8.13. The second-order valence-electron chi connectivity index (χ2n) is 6.04. The first-order valence-electron chi connectivity index (χ1n) is 6.99. The second kappa shape index (κ2) is 6.31. The van der Waals surface area contributed by atoms with Crippen LogP contribution in [-0.2, 0) is 13.0 Å². The van der Waals surface area contributed by atoms with Gasteiger partial charge in [0, 0.05) is 16.7 Å². The molecule has 1 N–H and O–H groups in total. The van der Waals surface area contributed by atoms with Gasteiger partial charge in [-0.1, -0.05) is 39.5 Å². The van der Waals surface area contributed by atoms with Crippen LogP contribution in [0.3, 0.4) is 0 Å². The molecule has 1 atom stereocenters. The zero-order valence-electron chi connectivity index (χ0n) is 12.3. The maximum atomic E-state index is 4.78. The van der Waals surface area contributed by atoms with E-state index in [1.165, 1.54) is 22.6 Å². The maximum Gasteiger partial charge on any atom is 0.157 e. The average molecular weight is 297 g/mol. The number of thiophene rings is 1. The highest BCUT2D eigenvalue weighted by Gasteiger charge is 2.28. The molecular weight excluding hydrogens is 272 g/mol. The molecule has 106 valence electrons. The van der Waals surface area contributed by atoms with Crippen LogP contribution in [0.2, 0.25) is 0 Å². The number of aliphatic imine (C=N–C) groups is 1. The summed E-state index contributed by atoms with van der Waals surface area (Å²) >= 11 is 3.69. The number of rotatable bonds is 3. The highest BCUT2D eigenvalue weighted by atomic mass is 32.2. The Hall–Kier alpha value is -0.480. The van der Waals surface area contributed by atoms with Crippen molar-refractivity contribution in [3.8, 4) is 0 Å². The number of hydrogen-bond donors (Lipinski definition) is 1. The molecule has 0 spiro atoms. The smallest absolute Gasteiger partial charge is 0.157 e. The molecule has 2 nitrogen and oxygen atoms in total. The lowest BCUT2D eigenvalue weighted by Gasteiger charge is -2.35. The van der Waals surface area contributed by atoms with E-state index < -0.39 is 0 Å². The summed E-state index contributed by atoms with van der Waals surface area (Å²) in [6, 6.07) is 2.76. The highest BCUT2D eigenvalue weighted by molar-refractivity contribution is 8.13. The minimum absolute atomic E-state index is 0.305. The lowest BCUT2D eigenvalue weighted by Crippen LogP contribution is -2.46. The minimum atomic E-state index is 0.305. The van der Waals surface area contributed by atoms with E-state index in [-0.39, 0.29) is 0 Å². The lowest BCUT2D eigenvalue weighted by atomic mass is 9.85. The van der Waals surface area contributed by atoms with Crippen LogP contribution in [-0.4, -0.2) is 17.0 Å². The Balaban J connectivity index is 2.00. The molecule has 0 amide bonds. The van der Waals surface area contributed by atoms with Crippen molar-refractivity contribution in [1.29, 1.82) is 0 Å². The van der Waals surface area contributed by atoms with Crippen molar-refractivity contribution < 1.29 is 0 Å². The molecule has 2 rings (SSSR count). The molecule has 1 aliphatic heterocycles. The first kappa shape index (κ1) is 14.9. The summed E-state index contributed by atoms with van der Waals surface area (Å²) < 4.78 is 0. The fourth-order valence-electron chi connectivity index (χ4n) is 2.24. The van der Waals surface area contributed by atoms with E-state index in [0.717, 1.165) is 18.1 Å². The van der Waals surface area contributed by atoms with E-state index in [9.17, 15) is 0 Å². The molecule has 1 aliphatic rings. The van der Waals surface area contributed by atoms with Gasteiger partial charge >= 0.3 is 0 Å². The van der Waals surface area contributed by atoms with Gasteiger partial charge in [0.25, 0.3) is 0 Å². The van der Waals surface area contributed by atoms with Crippen LogP contribution in [0.4, 0.5) is 0 Å². The minimum Gasteiger partial charge on any atom is -0.362 e. The molecule has 0 aromatic carbocycles. The number of aryl methyl sites for hydroxylation is 1. The molecule has 1 saturated heterocycles. The lowest BCUT2D eigenvalue weighted by molar-refractivity contribution is 0.290. The largest absolute Gasteiger partial charge is 0.362 e. The van der Waals surface area contributed by atoms with Gasteiger partial charge < -0.3 is 5.32 Å². The number of thioether (sulfide) groups is 1. The fourth-order valence-corrected chi connectivity index (χ4v) is 4.07. The summed E-state index contributed by atoms with van der Waals surface area (Å²) in [6.07, 6.45) is 2.33. The Kier molecular flexibility index (Phi) is 4.96. The fraction of sp³-hybridized carbons (Fsp3) is 0.667. The molecule has 1 unspecified atom stereocenters. The zero-order chi connectivity index (χ0) is 13.9. The van der Waals surface area contributed by atoms with Crippen LogP contribution < -0.4 is 5.32 Å². The Morgan fingerprint density at radius 2 is 2.21 bits per heavy atom. The van der Waals surface area contributed by atoms with Crippen LogP contribution >= 0.6 is 23.1 Å². The van der Waals surface area contributed by atoms with E-state index in [4.69, 9.17) is 4.99 Å². The Labute approximate surface area is 125 Å². The summed E-state index contributed by atoms with van der Waals surface area (Å²) in [5.74, 6) is 1.18. The van der Waals surface area contributed by atoms with Gasteiger partial charge in [-0.15, -0.1) is 11.3 Å². The number of nitrogens with zero attached hydrogens (tertiary/aromatic N) is 1. The third-order valence-corrected chi connectivity index (χ3v) is 5.48. The van der Waals surface area contributed by atoms with Crippen molar-refractivity contribution in [2.45, 2.75) is 53.1 Å². The summed E-state index contributed by atoms with van der Waals surface area (Å²) in [4.78, 5) is 6.19. The molecule has 19 heavy (non-hydrogen) atoms. The molecule has 0 radical (unpaired) electrons. The van der Waals surface area contributed by atoms with Crippen molar-refractivity contribution in [2.75, 3.05) is 5.75 Å². The van der Waals surface area contributed by atoms with Crippen molar-refractivity contribution in [3.05, 3.63) is 21.9 Å². The standard InChI is InChI=1S/C15H24N2S2/c1-5-11-6-8-18-12(11)10-16-14-17-13(7-9-19-14)15(2,3)4/h6,8,13H,5,7,9-10H2,1-4H3,(H,16,17). The van der Waals surface area contributed by atoms with Gasteiger partial charge in [0.15, 0.2) is 5.17 Å². The maximum absolute atomic E-state index is 4.78. The van der Waals surface area contributed by atoms with Crippen LogP contribution in [0.1, 0.15) is 44.6 Å². The van der Waals surface area contributed by atoms with E-state index in [0.29, 0.717) is 11.5 Å². The molecule has 1 aromatic rings. The summed E-state index contributed by atoms with van der Waals surface area (Å²) in [5.41, 5.74) is 1.75. The molecule has 1 aromatic heterocycles. The van der Waals surface area contributed by atoms with Gasteiger partial charge in [0.2, 0.25) is 0 Å². The Morgan fingerprint density at radius 3 is 2.89 bits per heavy atom. The SMILES string of the molecule is CCc1ccsc1CN=C1NC(C(C)(C)C)CCS1. The first-order chi connectivity index (χ1) is 9.00. The van der Waals surface area contributed by atoms with Crippen molar-refractivity contribution in [3.63, 3.8) is 0 Å². The van der Waals surface area contributed by atoms with E-state index >= 15 is 0 Å². The number of hydrogen-bond acceptors (Lipinski definition) is 3. The van der Waals surface area contributed by atoms with Crippen molar-refractivity contribution in [1.82, 2.24) is 5.32 Å². The topological polar surface area (TPSA) is 24.4 Å². The van der Waals surface area contributed by atoms with Gasteiger partial charge in [-0.05, 0) is 35.3 Å². The molecule has 1 fully saturated rings. The van der Waals surface area contributed by atoms with Crippen molar-refractivity contribution in [2.24, 2.45) is 10.4 Å². The monoisotopic (exact) mass is 296 g/mol. The highest BCUT2D eigenvalue weighted by Crippen LogP contribution is 2.28. The van der Waals surface area contributed by atoms with Gasteiger partial charge in [-0.25, -0.2) is 0 Å². The van der Waals surface area contributed by atoms with Gasteiger partial charge in [0.1, 0.15) is 0 Å². The number of nitrogens with one attached hydrogen (secondary N) is 1. The molecule has 0 bridgehead atoms. The molecule has 0 saturated carbocycles. The van der Waals surface area contributed by atoms with E-state index in [1.54, 1.807) is 0 Å².